The van der Waals surface area contributed by atoms with Gasteiger partial charge in [-0.05, 0) is 26.8 Å². The van der Waals surface area contributed by atoms with Crippen molar-refractivity contribution in [2.24, 2.45) is 7.05 Å². The zero-order valence-electron chi connectivity index (χ0n) is 13.0. The highest BCUT2D eigenvalue weighted by molar-refractivity contribution is 5.88. The van der Waals surface area contributed by atoms with Gasteiger partial charge in [-0.25, -0.2) is 4.79 Å². The molecule has 0 aliphatic rings. The third-order valence-corrected chi connectivity index (χ3v) is 2.82. The summed E-state index contributed by atoms with van der Waals surface area (Å²) in [7, 11) is 3.53. The van der Waals surface area contributed by atoms with E-state index in [1.165, 1.54) is 6.08 Å². The van der Waals surface area contributed by atoms with E-state index in [1.54, 1.807) is 30.6 Å². The predicted molar refractivity (Wildman–Crippen MR) is 81.2 cm³/mol. The summed E-state index contributed by atoms with van der Waals surface area (Å²) in [5.41, 5.74) is 1.40. The first-order chi connectivity index (χ1) is 9.72. The maximum Gasteiger partial charge on any atom is 0.328 e. The molecule has 0 spiro atoms. The van der Waals surface area contributed by atoms with Gasteiger partial charge in [0.15, 0.2) is 0 Å². The van der Waals surface area contributed by atoms with Gasteiger partial charge >= 0.3 is 5.97 Å². The Balaban J connectivity index is 3.00. The second-order valence-electron chi connectivity index (χ2n) is 5.20. The number of nitrogens with one attached hydrogen (secondary N) is 1. The number of amides is 1. The molecule has 116 valence electrons. The quantitative estimate of drug-likeness (QED) is 0.757. The van der Waals surface area contributed by atoms with Crippen LogP contribution in [0.25, 0.3) is 6.08 Å². The first-order valence-electron chi connectivity index (χ1n) is 6.67. The van der Waals surface area contributed by atoms with Gasteiger partial charge in [0.2, 0.25) is 5.91 Å². The Morgan fingerprint density at radius 2 is 2.10 bits per heavy atom. The van der Waals surface area contributed by atoms with Crippen molar-refractivity contribution in [1.29, 1.82) is 0 Å². The predicted octanol–water partition coefficient (Wildman–Crippen LogP) is 0.787. The molecule has 0 saturated heterocycles. The van der Waals surface area contributed by atoms with Gasteiger partial charge in [-0.1, -0.05) is 0 Å². The van der Waals surface area contributed by atoms with E-state index >= 15 is 0 Å². The number of anilines is 1. The summed E-state index contributed by atoms with van der Waals surface area (Å²) in [6.45, 7) is 5.76. The molecule has 7 heteroatoms. The molecule has 1 rings (SSSR count). The molecule has 1 amide bonds. The van der Waals surface area contributed by atoms with Crippen LogP contribution in [0.2, 0.25) is 0 Å². The van der Waals surface area contributed by atoms with Crippen LogP contribution in [0.5, 0.6) is 0 Å². The van der Waals surface area contributed by atoms with E-state index in [0.717, 1.165) is 6.08 Å². The Morgan fingerprint density at radius 3 is 2.62 bits per heavy atom. The van der Waals surface area contributed by atoms with Crippen LogP contribution in [-0.2, 0) is 16.6 Å². The summed E-state index contributed by atoms with van der Waals surface area (Å²) >= 11 is 0. The average molecular weight is 294 g/mol. The lowest BCUT2D eigenvalue weighted by molar-refractivity contribution is -0.131. The number of carboxylic acid groups (broad SMARTS) is 1. The van der Waals surface area contributed by atoms with E-state index < -0.39 is 5.97 Å². The zero-order valence-corrected chi connectivity index (χ0v) is 13.0. The van der Waals surface area contributed by atoms with Gasteiger partial charge < -0.3 is 15.3 Å². The van der Waals surface area contributed by atoms with Crippen LogP contribution >= 0.6 is 0 Å². The largest absolute Gasteiger partial charge is 0.478 e. The molecular formula is C14H22N4O3. The molecule has 0 radical (unpaired) electrons. The zero-order chi connectivity index (χ0) is 16.2. The first kappa shape index (κ1) is 16.7. The molecule has 0 fully saturated rings. The smallest absolute Gasteiger partial charge is 0.328 e. The summed E-state index contributed by atoms with van der Waals surface area (Å²) in [6.07, 6.45) is 2.56. The minimum absolute atomic E-state index is 0.0746. The highest BCUT2D eigenvalue weighted by Gasteiger charge is 2.17. The van der Waals surface area contributed by atoms with Crippen LogP contribution in [0, 0.1) is 6.92 Å². The van der Waals surface area contributed by atoms with Crippen molar-refractivity contribution in [2.45, 2.75) is 26.8 Å². The fourth-order valence-corrected chi connectivity index (χ4v) is 2.12. The number of rotatable bonds is 6. The Kier molecular flexibility index (Phi) is 5.52. The number of hydrogen-bond acceptors (Lipinski definition) is 4. The SMILES string of the molecule is Cc1nn(C)c(N(C)CC(=O)NC(C)C)c1C=CC(=O)O. The van der Waals surface area contributed by atoms with Crippen LogP contribution < -0.4 is 10.2 Å². The molecule has 0 saturated carbocycles. The maximum absolute atomic E-state index is 11.8. The molecule has 1 heterocycles. The van der Waals surface area contributed by atoms with E-state index in [-0.39, 0.29) is 18.5 Å². The Bertz CT molecular complexity index is 561. The second kappa shape index (κ2) is 6.92. The molecule has 7 nitrogen and oxygen atoms in total. The number of aryl methyl sites for hydroxylation is 2. The molecule has 2 N–H and O–H groups in total. The lowest BCUT2D eigenvalue weighted by Gasteiger charge is -2.20. The van der Waals surface area contributed by atoms with Crippen molar-refractivity contribution < 1.29 is 14.7 Å². The van der Waals surface area contributed by atoms with Crippen LogP contribution in [0.4, 0.5) is 5.82 Å². The van der Waals surface area contributed by atoms with Crippen molar-refractivity contribution in [3.05, 3.63) is 17.3 Å². The van der Waals surface area contributed by atoms with Crippen molar-refractivity contribution >= 4 is 23.8 Å². The molecule has 1 aromatic heterocycles. The number of carbonyl (C=O) groups excluding carboxylic acids is 1. The number of aromatic nitrogens is 2. The van der Waals surface area contributed by atoms with Crippen molar-refractivity contribution in [2.75, 3.05) is 18.5 Å². The van der Waals surface area contributed by atoms with Gasteiger partial charge in [-0.2, -0.15) is 5.10 Å². The number of nitrogens with zero attached hydrogens (tertiary/aromatic N) is 3. The van der Waals surface area contributed by atoms with Gasteiger partial charge in [0, 0.05) is 31.8 Å². The highest BCUT2D eigenvalue weighted by Crippen LogP contribution is 2.23. The van der Waals surface area contributed by atoms with Gasteiger partial charge in [0.05, 0.1) is 12.2 Å². The second-order valence-corrected chi connectivity index (χ2v) is 5.20. The van der Waals surface area contributed by atoms with Gasteiger partial charge in [0.1, 0.15) is 5.82 Å². The molecule has 0 aliphatic heterocycles. The molecule has 0 atom stereocenters. The topological polar surface area (TPSA) is 87.5 Å². The Hall–Kier alpha value is -2.31. The first-order valence-corrected chi connectivity index (χ1v) is 6.67. The van der Waals surface area contributed by atoms with E-state index in [4.69, 9.17) is 5.11 Å². The third kappa shape index (κ3) is 4.62. The normalized spacial score (nSPS) is 11.1. The van der Waals surface area contributed by atoms with Crippen LogP contribution in [0.1, 0.15) is 25.1 Å². The molecule has 0 unspecified atom stereocenters. The van der Waals surface area contributed by atoms with Crippen molar-refractivity contribution in [3.8, 4) is 0 Å². The van der Waals surface area contributed by atoms with Gasteiger partial charge in [-0.3, -0.25) is 9.48 Å². The van der Waals surface area contributed by atoms with E-state index in [9.17, 15) is 9.59 Å². The standard InChI is InChI=1S/C14H22N4O3/c1-9(2)15-12(19)8-17(4)14-11(6-7-13(20)21)10(3)16-18(14)5/h6-7,9H,8H2,1-5H3,(H,15,19)(H,20,21). The lowest BCUT2D eigenvalue weighted by atomic mass is 10.2. The molecular weight excluding hydrogens is 272 g/mol. The summed E-state index contributed by atoms with van der Waals surface area (Å²) < 4.78 is 1.64. The van der Waals surface area contributed by atoms with Crippen molar-refractivity contribution in [1.82, 2.24) is 15.1 Å². The number of hydrogen-bond donors (Lipinski definition) is 2. The minimum Gasteiger partial charge on any atom is -0.478 e. The van der Waals surface area contributed by atoms with E-state index in [0.29, 0.717) is 17.1 Å². The maximum atomic E-state index is 11.8. The molecule has 0 bridgehead atoms. The molecule has 0 aromatic carbocycles. The molecule has 1 aromatic rings. The summed E-state index contributed by atoms with van der Waals surface area (Å²) in [4.78, 5) is 24.3. The summed E-state index contributed by atoms with van der Waals surface area (Å²) in [5.74, 6) is -0.423. The van der Waals surface area contributed by atoms with E-state index in [2.05, 4.69) is 10.4 Å². The number of carbonyl (C=O) groups is 2. The van der Waals surface area contributed by atoms with E-state index in [1.807, 2.05) is 13.8 Å². The van der Waals surface area contributed by atoms with Crippen LogP contribution in [0.15, 0.2) is 6.08 Å². The lowest BCUT2D eigenvalue weighted by Crippen LogP contribution is -2.39. The number of carboxylic acids is 1. The fraction of sp³-hybridized carbons (Fsp3) is 0.500. The van der Waals surface area contributed by atoms with Crippen LogP contribution in [0.3, 0.4) is 0 Å². The number of aliphatic carboxylic acids is 1. The van der Waals surface area contributed by atoms with Crippen LogP contribution in [-0.4, -0.2) is 46.4 Å². The Labute approximate surface area is 124 Å². The fourth-order valence-electron chi connectivity index (χ4n) is 2.12. The van der Waals surface area contributed by atoms with Gasteiger partial charge in [-0.15, -0.1) is 0 Å². The Morgan fingerprint density at radius 1 is 1.48 bits per heavy atom. The van der Waals surface area contributed by atoms with Crippen molar-refractivity contribution in [3.63, 3.8) is 0 Å². The number of likely N-dealkylation sites (N-methyl/N-ethyl adjacent to an activating group) is 1. The average Bonchev–Trinajstić information content (AvgIpc) is 2.59. The monoisotopic (exact) mass is 294 g/mol. The third-order valence-electron chi connectivity index (χ3n) is 2.82. The molecule has 0 aliphatic carbocycles. The molecule has 21 heavy (non-hydrogen) atoms. The summed E-state index contributed by atoms with van der Waals surface area (Å²) in [5, 5.41) is 15.8. The summed E-state index contributed by atoms with van der Waals surface area (Å²) in [6, 6.07) is 0.0746. The van der Waals surface area contributed by atoms with Gasteiger partial charge in [0.25, 0.3) is 0 Å². The minimum atomic E-state index is -1.02. The highest BCUT2D eigenvalue weighted by atomic mass is 16.4.